The number of unbranched alkanes of at least 4 members (excludes halogenated alkanes) is 3. The number of nitrogens with zero attached hydrogens (tertiary/aromatic N) is 3. The van der Waals surface area contributed by atoms with Gasteiger partial charge in [0.15, 0.2) is 0 Å². The topological polar surface area (TPSA) is 73.7 Å². The Morgan fingerprint density at radius 3 is 2.59 bits per heavy atom. The van der Waals surface area contributed by atoms with E-state index in [0.717, 1.165) is 37.2 Å². The second kappa shape index (κ2) is 13.4. The molecule has 0 bridgehead atoms. The molecule has 0 N–H and O–H groups in total. The number of amides is 1. The lowest BCUT2D eigenvalue weighted by molar-refractivity contribution is 0.0525. The molecule has 2 aromatic heterocycles. The van der Waals surface area contributed by atoms with Crippen LogP contribution >= 0.6 is 11.3 Å². The molecule has 0 saturated heterocycles. The second-order valence-electron chi connectivity index (χ2n) is 7.73. The van der Waals surface area contributed by atoms with Crippen LogP contribution in [0.2, 0.25) is 0 Å². The van der Waals surface area contributed by atoms with Gasteiger partial charge in [-0.25, -0.2) is 9.78 Å². The number of rotatable bonds is 14. The van der Waals surface area contributed by atoms with E-state index in [1.165, 1.54) is 24.2 Å². The summed E-state index contributed by atoms with van der Waals surface area (Å²) in [4.78, 5) is 31.9. The molecule has 0 aliphatic heterocycles. The van der Waals surface area contributed by atoms with E-state index in [2.05, 4.69) is 16.5 Å². The molecule has 7 nitrogen and oxygen atoms in total. The lowest BCUT2D eigenvalue weighted by atomic mass is 10.1. The fourth-order valence-corrected chi connectivity index (χ4v) is 4.41. The van der Waals surface area contributed by atoms with Gasteiger partial charge in [-0.2, -0.15) is 0 Å². The maximum atomic E-state index is 13.4. The van der Waals surface area contributed by atoms with E-state index in [1.807, 2.05) is 30.2 Å². The quantitative estimate of drug-likeness (QED) is 0.285. The van der Waals surface area contributed by atoms with E-state index in [1.54, 1.807) is 14.0 Å². The summed E-state index contributed by atoms with van der Waals surface area (Å²) in [6, 6.07) is 1.92. The van der Waals surface area contributed by atoms with Gasteiger partial charge in [0.25, 0.3) is 5.91 Å². The fourth-order valence-electron chi connectivity index (χ4n) is 3.71. The zero-order valence-electron chi connectivity index (χ0n) is 20.1. The summed E-state index contributed by atoms with van der Waals surface area (Å²) in [6.45, 7) is 11.1. The molecule has 0 atom stereocenters. The Hall–Kier alpha value is -2.19. The SMILES string of the molecule is CCCCCCN(CC)C(=O)c1cc(-c2csc(C(=O)OCC)n2)n(CCCOC)c1C. The van der Waals surface area contributed by atoms with Gasteiger partial charge in [0.05, 0.1) is 23.6 Å². The molecule has 0 spiro atoms. The van der Waals surface area contributed by atoms with Crippen molar-refractivity contribution in [3.05, 3.63) is 27.7 Å². The molecule has 0 radical (unpaired) electrons. The first-order valence-corrected chi connectivity index (χ1v) is 12.5. The predicted molar refractivity (Wildman–Crippen MR) is 128 cm³/mol. The van der Waals surface area contributed by atoms with Gasteiger partial charge in [0, 0.05) is 44.4 Å². The Morgan fingerprint density at radius 2 is 1.94 bits per heavy atom. The summed E-state index contributed by atoms with van der Waals surface area (Å²) >= 11 is 1.26. The zero-order valence-corrected chi connectivity index (χ0v) is 20.9. The summed E-state index contributed by atoms with van der Waals surface area (Å²) in [5, 5.41) is 2.17. The summed E-state index contributed by atoms with van der Waals surface area (Å²) < 4.78 is 12.4. The Bertz CT molecular complexity index is 875. The van der Waals surface area contributed by atoms with Crippen molar-refractivity contribution < 1.29 is 19.1 Å². The van der Waals surface area contributed by atoms with Crippen molar-refractivity contribution in [3.63, 3.8) is 0 Å². The van der Waals surface area contributed by atoms with E-state index < -0.39 is 5.97 Å². The third-order valence-electron chi connectivity index (χ3n) is 5.49. The number of hydrogen-bond donors (Lipinski definition) is 0. The van der Waals surface area contributed by atoms with Gasteiger partial charge in [-0.15, -0.1) is 11.3 Å². The highest BCUT2D eigenvalue weighted by Crippen LogP contribution is 2.29. The number of hydrogen-bond acceptors (Lipinski definition) is 6. The number of methoxy groups -OCH3 is 1. The van der Waals surface area contributed by atoms with E-state index >= 15 is 0 Å². The van der Waals surface area contributed by atoms with Crippen molar-refractivity contribution in [1.82, 2.24) is 14.5 Å². The van der Waals surface area contributed by atoms with E-state index in [4.69, 9.17) is 9.47 Å². The molecule has 32 heavy (non-hydrogen) atoms. The molecule has 178 valence electrons. The Kier molecular flexibility index (Phi) is 10.9. The predicted octanol–water partition coefficient (Wildman–Crippen LogP) is 5.18. The van der Waals surface area contributed by atoms with E-state index in [-0.39, 0.29) is 5.91 Å². The Balaban J connectivity index is 2.34. The summed E-state index contributed by atoms with van der Waals surface area (Å²) in [5.74, 6) is -0.368. The van der Waals surface area contributed by atoms with Crippen LogP contribution in [0.3, 0.4) is 0 Å². The number of ether oxygens (including phenoxy) is 2. The molecule has 1 amide bonds. The maximum Gasteiger partial charge on any atom is 0.367 e. The molecule has 0 fully saturated rings. The maximum absolute atomic E-state index is 13.4. The molecular formula is C24H37N3O4S. The number of aromatic nitrogens is 2. The van der Waals surface area contributed by atoms with Crippen molar-refractivity contribution >= 4 is 23.2 Å². The summed E-state index contributed by atoms with van der Waals surface area (Å²) in [6.07, 6.45) is 5.34. The van der Waals surface area contributed by atoms with Gasteiger partial charge < -0.3 is 18.9 Å². The fraction of sp³-hybridized carbons (Fsp3) is 0.625. The van der Waals surface area contributed by atoms with Gasteiger partial charge in [0.1, 0.15) is 0 Å². The monoisotopic (exact) mass is 463 g/mol. The van der Waals surface area contributed by atoms with Crippen LogP contribution in [0.15, 0.2) is 11.4 Å². The highest BCUT2D eigenvalue weighted by Gasteiger charge is 2.24. The Labute approximate surface area is 195 Å². The molecule has 2 rings (SSSR count). The van der Waals surface area contributed by atoms with E-state index in [0.29, 0.717) is 42.6 Å². The second-order valence-corrected chi connectivity index (χ2v) is 8.59. The molecule has 0 saturated carbocycles. The van der Waals surface area contributed by atoms with Crippen LogP contribution in [-0.4, -0.2) is 59.7 Å². The van der Waals surface area contributed by atoms with Crippen molar-refractivity contribution in [2.24, 2.45) is 0 Å². The summed E-state index contributed by atoms with van der Waals surface area (Å²) in [7, 11) is 1.68. The van der Waals surface area contributed by atoms with Crippen molar-refractivity contribution in [2.75, 3.05) is 33.4 Å². The van der Waals surface area contributed by atoms with Gasteiger partial charge >= 0.3 is 5.97 Å². The number of carbonyl (C=O) groups excluding carboxylic acids is 2. The van der Waals surface area contributed by atoms with Gasteiger partial charge in [0.2, 0.25) is 5.01 Å². The van der Waals surface area contributed by atoms with E-state index in [9.17, 15) is 9.59 Å². The van der Waals surface area contributed by atoms with Crippen LogP contribution in [-0.2, 0) is 16.0 Å². The molecule has 0 aliphatic carbocycles. The molecule has 2 aromatic rings. The molecule has 0 aliphatic rings. The minimum Gasteiger partial charge on any atom is -0.461 e. The lowest BCUT2D eigenvalue weighted by Gasteiger charge is -2.21. The number of carbonyl (C=O) groups is 2. The smallest absolute Gasteiger partial charge is 0.367 e. The molecule has 0 unspecified atom stereocenters. The van der Waals surface area contributed by atoms with Crippen LogP contribution in [0.5, 0.6) is 0 Å². The summed E-state index contributed by atoms with van der Waals surface area (Å²) in [5.41, 5.74) is 3.14. The molecule has 2 heterocycles. The van der Waals surface area contributed by atoms with Gasteiger partial charge in [-0.05, 0) is 39.7 Å². The first kappa shape index (κ1) is 26.1. The van der Waals surface area contributed by atoms with Crippen LogP contribution in [0.25, 0.3) is 11.4 Å². The van der Waals surface area contributed by atoms with Crippen LogP contribution < -0.4 is 0 Å². The van der Waals surface area contributed by atoms with Gasteiger partial charge in [-0.3, -0.25) is 4.79 Å². The van der Waals surface area contributed by atoms with Crippen molar-refractivity contribution in [1.29, 1.82) is 0 Å². The number of thiazole rings is 1. The van der Waals surface area contributed by atoms with Crippen LogP contribution in [0.4, 0.5) is 0 Å². The van der Waals surface area contributed by atoms with Crippen molar-refractivity contribution in [3.8, 4) is 11.4 Å². The molecular weight excluding hydrogens is 426 g/mol. The highest BCUT2D eigenvalue weighted by atomic mass is 32.1. The normalized spacial score (nSPS) is 11.0. The first-order chi connectivity index (χ1) is 15.5. The van der Waals surface area contributed by atoms with Crippen LogP contribution in [0, 0.1) is 6.92 Å². The third-order valence-corrected chi connectivity index (χ3v) is 6.32. The number of esters is 1. The zero-order chi connectivity index (χ0) is 23.5. The molecule has 8 heteroatoms. The van der Waals surface area contributed by atoms with Gasteiger partial charge in [-0.1, -0.05) is 26.2 Å². The average Bonchev–Trinajstić information content (AvgIpc) is 3.39. The average molecular weight is 464 g/mol. The lowest BCUT2D eigenvalue weighted by Crippen LogP contribution is -2.32. The van der Waals surface area contributed by atoms with Crippen molar-refractivity contribution in [2.45, 2.75) is 66.3 Å². The molecule has 0 aromatic carbocycles. The third kappa shape index (κ3) is 6.65. The van der Waals surface area contributed by atoms with Crippen LogP contribution in [0.1, 0.15) is 78.7 Å². The minimum absolute atomic E-state index is 0.0501. The highest BCUT2D eigenvalue weighted by molar-refractivity contribution is 7.11. The first-order valence-electron chi connectivity index (χ1n) is 11.6. The Morgan fingerprint density at radius 1 is 1.16 bits per heavy atom. The standard InChI is InChI=1S/C24H37N3O4S/c1-6-9-10-11-13-26(7-2)23(28)19-16-21(27(18(19)4)14-12-15-30-5)20-17-32-22(25-20)24(29)31-8-3/h16-17H,6-15H2,1-5H3. The largest absolute Gasteiger partial charge is 0.461 e. The minimum atomic E-state index is -0.418.